The first-order valence-corrected chi connectivity index (χ1v) is 13.1. The van der Waals surface area contributed by atoms with Gasteiger partial charge in [0.2, 0.25) is 0 Å². The van der Waals surface area contributed by atoms with Crippen LogP contribution in [0.1, 0.15) is 97.2 Å². The number of carbonyl (C=O) groups is 2. The molecule has 0 bridgehead atoms. The SMILES string of the molecule is CC1=C(C/C=C(\C)CC/C=C(\C)CC/C=C(\C)Cc2ccc(C)cc2C)C(=O)c2ccccc2C1=O. The van der Waals surface area contributed by atoms with Gasteiger partial charge >= 0.3 is 0 Å². The molecule has 2 aromatic carbocycles. The molecule has 188 valence electrons. The molecule has 1 aliphatic rings. The van der Waals surface area contributed by atoms with Gasteiger partial charge < -0.3 is 0 Å². The molecule has 0 saturated heterocycles. The number of rotatable bonds is 10. The summed E-state index contributed by atoms with van der Waals surface area (Å²) in [7, 11) is 0. The van der Waals surface area contributed by atoms with Gasteiger partial charge in [-0.2, -0.15) is 0 Å². The van der Waals surface area contributed by atoms with Gasteiger partial charge in [-0.15, -0.1) is 0 Å². The first-order chi connectivity index (χ1) is 17.2. The third kappa shape index (κ3) is 7.13. The molecule has 2 aromatic rings. The van der Waals surface area contributed by atoms with Crippen molar-refractivity contribution in [1.29, 1.82) is 0 Å². The molecular formula is C34H40O2. The van der Waals surface area contributed by atoms with Gasteiger partial charge in [0, 0.05) is 22.3 Å². The molecule has 2 nitrogen and oxygen atoms in total. The highest BCUT2D eigenvalue weighted by molar-refractivity contribution is 6.26. The maximum absolute atomic E-state index is 12.9. The minimum absolute atomic E-state index is 0.0108. The van der Waals surface area contributed by atoms with Gasteiger partial charge in [0.1, 0.15) is 0 Å². The Morgan fingerprint density at radius 2 is 1.31 bits per heavy atom. The lowest BCUT2D eigenvalue weighted by Crippen LogP contribution is -2.20. The summed E-state index contributed by atoms with van der Waals surface area (Å²) < 4.78 is 0. The lowest BCUT2D eigenvalue weighted by molar-refractivity contribution is 0.0973. The zero-order valence-electron chi connectivity index (χ0n) is 22.8. The van der Waals surface area contributed by atoms with Gasteiger partial charge in [-0.25, -0.2) is 0 Å². The van der Waals surface area contributed by atoms with Crippen LogP contribution in [0.5, 0.6) is 0 Å². The third-order valence-corrected chi connectivity index (χ3v) is 7.17. The number of hydrogen-bond donors (Lipinski definition) is 0. The summed E-state index contributed by atoms with van der Waals surface area (Å²) in [5.74, 6) is -0.0357. The number of hydrogen-bond acceptors (Lipinski definition) is 2. The van der Waals surface area contributed by atoms with Crippen LogP contribution in [0.4, 0.5) is 0 Å². The van der Waals surface area contributed by atoms with Crippen molar-refractivity contribution in [3.05, 3.63) is 116 Å². The summed E-state index contributed by atoms with van der Waals surface area (Å²) in [6.45, 7) is 12.7. The van der Waals surface area contributed by atoms with Crippen molar-refractivity contribution >= 4 is 11.6 Å². The monoisotopic (exact) mass is 480 g/mol. The number of Topliss-reactive ketones (excluding diaryl/α,β-unsaturated/α-hetero) is 2. The normalized spacial score (nSPS) is 15.0. The first-order valence-electron chi connectivity index (χ1n) is 13.1. The Balaban J connectivity index is 1.47. The summed E-state index contributed by atoms with van der Waals surface area (Å²) in [6, 6.07) is 13.8. The average Bonchev–Trinajstić information content (AvgIpc) is 2.84. The number of ketones is 2. The van der Waals surface area contributed by atoms with Gasteiger partial charge in [-0.1, -0.05) is 83.0 Å². The lowest BCUT2D eigenvalue weighted by atomic mass is 9.83. The minimum atomic E-state index is -0.0249. The van der Waals surface area contributed by atoms with Crippen LogP contribution in [0.3, 0.4) is 0 Å². The fraction of sp³-hybridized carbons (Fsp3) is 0.353. The van der Waals surface area contributed by atoms with Crippen LogP contribution in [0, 0.1) is 13.8 Å². The molecule has 0 aliphatic heterocycles. The Bertz CT molecular complexity index is 1260. The Hall–Kier alpha value is -3.26. The van der Waals surface area contributed by atoms with Crippen molar-refractivity contribution in [2.45, 2.75) is 80.1 Å². The quantitative estimate of drug-likeness (QED) is 0.318. The van der Waals surface area contributed by atoms with Gasteiger partial charge in [0.25, 0.3) is 0 Å². The summed E-state index contributed by atoms with van der Waals surface area (Å²) >= 11 is 0. The maximum atomic E-state index is 12.9. The van der Waals surface area contributed by atoms with Crippen LogP contribution in [-0.4, -0.2) is 11.6 Å². The second-order valence-electron chi connectivity index (χ2n) is 10.3. The van der Waals surface area contributed by atoms with E-state index in [2.05, 4.69) is 71.0 Å². The molecule has 0 spiro atoms. The van der Waals surface area contributed by atoms with Crippen LogP contribution in [0.15, 0.2) is 88.6 Å². The molecule has 0 unspecified atom stereocenters. The molecule has 2 heteroatoms. The van der Waals surface area contributed by atoms with E-state index in [0.29, 0.717) is 28.7 Å². The van der Waals surface area contributed by atoms with Gasteiger partial charge in [-0.3, -0.25) is 9.59 Å². The Kier molecular flexibility index (Phi) is 9.58. The average molecular weight is 481 g/mol. The predicted octanol–water partition coefficient (Wildman–Crippen LogP) is 9.03. The minimum Gasteiger partial charge on any atom is -0.289 e. The fourth-order valence-electron chi connectivity index (χ4n) is 4.79. The Morgan fingerprint density at radius 1 is 0.722 bits per heavy atom. The van der Waals surface area contributed by atoms with Crippen LogP contribution < -0.4 is 0 Å². The maximum Gasteiger partial charge on any atom is 0.190 e. The van der Waals surface area contributed by atoms with E-state index in [1.807, 2.05) is 12.1 Å². The van der Waals surface area contributed by atoms with Crippen LogP contribution >= 0.6 is 0 Å². The van der Waals surface area contributed by atoms with Crippen molar-refractivity contribution in [1.82, 2.24) is 0 Å². The van der Waals surface area contributed by atoms with E-state index in [1.165, 1.54) is 33.4 Å². The van der Waals surface area contributed by atoms with E-state index in [9.17, 15) is 9.59 Å². The van der Waals surface area contributed by atoms with E-state index >= 15 is 0 Å². The molecule has 0 N–H and O–H groups in total. The number of aryl methyl sites for hydroxylation is 2. The van der Waals surface area contributed by atoms with Crippen LogP contribution in [-0.2, 0) is 6.42 Å². The zero-order valence-corrected chi connectivity index (χ0v) is 22.8. The molecular weight excluding hydrogens is 440 g/mol. The van der Waals surface area contributed by atoms with Gasteiger partial charge in [-0.05, 0) is 91.2 Å². The summed E-state index contributed by atoms with van der Waals surface area (Å²) in [4.78, 5) is 25.6. The number of benzene rings is 2. The highest BCUT2D eigenvalue weighted by Gasteiger charge is 2.28. The van der Waals surface area contributed by atoms with Crippen molar-refractivity contribution in [3.8, 4) is 0 Å². The smallest absolute Gasteiger partial charge is 0.190 e. The predicted molar refractivity (Wildman–Crippen MR) is 152 cm³/mol. The molecule has 0 heterocycles. The number of fused-ring (bicyclic) bond motifs is 1. The van der Waals surface area contributed by atoms with E-state index in [-0.39, 0.29) is 11.6 Å². The molecule has 0 fully saturated rings. The highest BCUT2D eigenvalue weighted by Crippen LogP contribution is 2.28. The van der Waals surface area contributed by atoms with Gasteiger partial charge in [0.15, 0.2) is 11.6 Å². The van der Waals surface area contributed by atoms with E-state index in [0.717, 1.165) is 32.1 Å². The molecule has 0 atom stereocenters. The summed E-state index contributed by atoms with van der Waals surface area (Å²) in [5, 5.41) is 0. The Labute approximate surface area is 217 Å². The molecule has 36 heavy (non-hydrogen) atoms. The standard InChI is InChI=1S/C34H40O2/c1-23(12-10-14-25(3)22-29-19-17-26(4)21-27(29)5)11-9-13-24(2)18-20-30-28(6)33(35)31-15-7-8-16-32(31)34(30)36/h7-8,11,14-19,21H,9-10,12-13,20,22H2,1-6H3/b23-11+,24-18+,25-14+. The topological polar surface area (TPSA) is 34.1 Å². The largest absolute Gasteiger partial charge is 0.289 e. The fourth-order valence-corrected chi connectivity index (χ4v) is 4.79. The van der Waals surface area contributed by atoms with E-state index < -0.39 is 0 Å². The van der Waals surface area contributed by atoms with Gasteiger partial charge in [0.05, 0.1) is 0 Å². The third-order valence-electron chi connectivity index (χ3n) is 7.17. The highest BCUT2D eigenvalue weighted by atomic mass is 16.1. The van der Waals surface area contributed by atoms with Crippen LogP contribution in [0.25, 0.3) is 0 Å². The van der Waals surface area contributed by atoms with Crippen molar-refractivity contribution in [2.75, 3.05) is 0 Å². The Morgan fingerprint density at radius 3 is 1.94 bits per heavy atom. The number of allylic oxidation sites excluding steroid dienone is 8. The van der Waals surface area contributed by atoms with E-state index in [4.69, 9.17) is 0 Å². The molecule has 0 radical (unpaired) electrons. The van der Waals surface area contributed by atoms with Crippen molar-refractivity contribution in [3.63, 3.8) is 0 Å². The summed E-state index contributed by atoms with van der Waals surface area (Å²) in [5.41, 5.74) is 10.5. The van der Waals surface area contributed by atoms with Crippen molar-refractivity contribution < 1.29 is 9.59 Å². The molecule has 3 rings (SSSR count). The lowest BCUT2D eigenvalue weighted by Gasteiger charge is -2.18. The van der Waals surface area contributed by atoms with Crippen molar-refractivity contribution in [2.24, 2.45) is 0 Å². The molecule has 1 aliphatic carbocycles. The summed E-state index contributed by atoms with van der Waals surface area (Å²) in [6.07, 6.45) is 12.5. The van der Waals surface area contributed by atoms with E-state index in [1.54, 1.807) is 19.1 Å². The molecule has 0 saturated carbocycles. The molecule has 0 amide bonds. The molecule has 0 aromatic heterocycles. The number of carbonyl (C=O) groups excluding carboxylic acids is 2. The first kappa shape index (κ1) is 27.3. The zero-order chi connectivity index (χ0) is 26.2. The van der Waals surface area contributed by atoms with Crippen LogP contribution in [0.2, 0.25) is 0 Å². The second kappa shape index (κ2) is 12.6. The second-order valence-corrected chi connectivity index (χ2v) is 10.3.